The number of hydrogen-bond donors (Lipinski definition) is 2. The van der Waals surface area contributed by atoms with Crippen LogP contribution in [0.4, 0.5) is 10.5 Å². The minimum Gasteiger partial charge on any atom is -0.465 e. The first-order valence-corrected chi connectivity index (χ1v) is 8.98. The minimum absolute atomic E-state index is 0.128. The van der Waals surface area contributed by atoms with Crippen molar-refractivity contribution < 1.29 is 19.1 Å². The molecule has 7 heteroatoms. The van der Waals surface area contributed by atoms with E-state index >= 15 is 0 Å². The maximum Gasteiger partial charge on any atom is 0.407 e. The summed E-state index contributed by atoms with van der Waals surface area (Å²) in [4.78, 5) is 27.8. The SMILES string of the molecule is COC(=O)c1cncc(NC2CCC(NC(=O)OC(C)(C)C)CC2)c1C. The molecule has 1 aromatic heterocycles. The van der Waals surface area contributed by atoms with Crippen molar-refractivity contribution in [2.45, 2.75) is 71.1 Å². The Labute approximate surface area is 154 Å². The van der Waals surface area contributed by atoms with Gasteiger partial charge in [0.1, 0.15) is 5.60 Å². The van der Waals surface area contributed by atoms with E-state index in [2.05, 4.69) is 15.6 Å². The first-order chi connectivity index (χ1) is 12.2. The predicted molar refractivity (Wildman–Crippen MR) is 99.3 cm³/mol. The van der Waals surface area contributed by atoms with Crippen LogP contribution in [-0.2, 0) is 9.47 Å². The van der Waals surface area contributed by atoms with Crippen LogP contribution in [-0.4, -0.2) is 41.8 Å². The van der Waals surface area contributed by atoms with Gasteiger partial charge in [-0.2, -0.15) is 0 Å². The molecule has 2 N–H and O–H groups in total. The fourth-order valence-corrected chi connectivity index (χ4v) is 3.06. The van der Waals surface area contributed by atoms with E-state index in [-0.39, 0.29) is 24.1 Å². The number of alkyl carbamates (subject to hydrolysis) is 1. The van der Waals surface area contributed by atoms with Crippen molar-refractivity contribution in [3.05, 3.63) is 23.5 Å². The zero-order valence-electron chi connectivity index (χ0n) is 16.2. The number of pyridine rings is 1. The van der Waals surface area contributed by atoms with Crippen LogP contribution in [0.1, 0.15) is 62.4 Å². The Balaban J connectivity index is 1.88. The Kier molecular flexibility index (Phi) is 6.45. The number of ether oxygens (including phenoxy) is 2. The van der Waals surface area contributed by atoms with Crippen molar-refractivity contribution >= 4 is 17.7 Å². The van der Waals surface area contributed by atoms with Crippen LogP contribution < -0.4 is 10.6 Å². The summed E-state index contributed by atoms with van der Waals surface area (Å²) < 4.78 is 10.1. The van der Waals surface area contributed by atoms with Gasteiger partial charge in [-0.15, -0.1) is 0 Å². The largest absolute Gasteiger partial charge is 0.465 e. The first kappa shape index (κ1) is 20.0. The second-order valence-corrected chi connectivity index (χ2v) is 7.69. The lowest BCUT2D eigenvalue weighted by Crippen LogP contribution is -2.42. The van der Waals surface area contributed by atoms with Crippen LogP contribution in [0.2, 0.25) is 0 Å². The zero-order chi connectivity index (χ0) is 19.3. The van der Waals surface area contributed by atoms with Gasteiger partial charge in [-0.1, -0.05) is 0 Å². The van der Waals surface area contributed by atoms with Gasteiger partial charge in [0.15, 0.2) is 0 Å². The molecule has 26 heavy (non-hydrogen) atoms. The highest BCUT2D eigenvalue weighted by Gasteiger charge is 2.25. The molecular weight excluding hydrogens is 334 g/mol. The Hall–Kier alpha value is -2.31. The van der Waals surface area contributed by atoms with Crippen LogP contribution in [0.3, 0.4) is 0 Å². The fourth-order valence-electron chi connectivity index (χ4n) is 3.06. The summed E-state index contributed by atoms with van der Waals surface area (Å²) in [6.07, 6.45) is 6.48. The fraction of sp³-hybridized carbons (Fsp3) is 0.632. The number of aromatic nitrogens is 1. The number of amides is 1. The second kappa shape index (κ2) is 8.38. The number of nitrogens with zero attached hydrogens (tertiary/aromatic N) is 1. The molecule has 1 aliphatic rings. The van der Waals surface area contributed by atoms with Crippen LogP contribution in [0.25, 0.3) is 0 Å². The molecule has 1 aromatic rings. The van der Waals surface area contributed by atoms with Gasteiger partial charge in [0.05, 0.1) is 24.6 Å². The Bertz CT molecular complexity index is 647. The van der Waals surface area contributed by atoms with E-state index in [4.69, 9.17) is 9.47 Å². The van der Waals surface area contributed by atoms with Gasteiger partial charge < -0.3 is 20.1 Å². The third-order valence-corrected chi connectivity index (χ3v) is 4.43. The monoisotopic (exact) mass is 363 g/mol. The third-order valence-electron chi connectivity index (χ3n) is 4.43. The summed E-state index contributed by atoms with van der Waals surface area (Å²) in [7, 11) is 1.36. The number of rotatable bonds is 4. The van der Waals surface area contributed by atoms with E-state index in [1.807, 2.05) is 27.7 Å². The van der Waals surface area contributed by atoms with Gasteiger partial charge in [0, 0.05) is 18.3 Å². The predicted octanol–water partition coefficient (Wildman–Crippen LogP) is 3.42. The summed E-state index contributed by atoms with van der Waals surface area (Å²) in [5.41, 5.74) is 1.66. The number of hydrogen-bond acceptors (Lipinski definition) is 6. The molecule has 0 unspecified atom stereocenters. The van der Waals surface area contributed by atoms with Crippen LogP contribution >= 0.6 is 0 Å². The molecule has 7 nitrogen and oxygen atoms in total. The van der Waals surface area contributed by atoms with E-state index in [0.717, 1.165) is 36.9 Å². The van der Waals surface area contributed by atoms with E-state index in [1.54, 1.807) is 6.20 Å². The topological polar surface area (TPSA) is 89.5 Å². The number of carbonyl (C=O) groups excluding carboxylic acids is 2. The number of anilines is 1. The standard InChI is InChI=1S/C19H29N3O4/c1-12-15(17(23)25-5)10-20-11-16(12)21-13-6-8-14(9-7-13)22-18(24)26-19(2,3)4/h10-11,13-14,21H,6-9H2,1-5H3,(H,22,24). The molecule has 1 heterocycles. The highest BCUT2D eigenvalue weighted by atomic mass is 16.6. The lowest BCUT2D eigenvalue weighted by molar-refractivity contribution is 0.0491. The van der Waals surface area contributed by atoms with E-state index in [0.29, 0.717) is 5.56 Å². The summed E-state index contributed by atoms with van der Waals surface area (Å²) in [6.45, 7) is 7.44. The molecule has 144 valence electrons. The van der Waals surface area contributed by atoms with Crippen molar-refractivity contribution in [1.82, 2.24) is 10.3 Å². The zero-order valence-corrected chi connectivity index (χ0v) is 16.2. The molecule has 0 aliphatic heterocycles. The number of nitrogens with one attached hydrogen (secondary N) is 2. The first-order valence-electron chi connectivity index (χ1n) is 8.98. The average Bonchev–Trinajstić information content (AvgIpc) is 2.56. The molecule has 0 spiro atoms. The minimum atomic E-state index is -0.488. The molecule has 0 bridgehead atoms. The van der Waals surface area contributed by atoms with Gasteiger partial charge in [0.2, 0.25) is 0 Å². The normalized spacial score (nSPS) is 20.2. The van der Waals surface area contributed by atoms with Crippen molar-refractivity contribution in [1.29, 1.82) is 0 Å². The van der Waals surface area contributed by atoms with Crippen molar-refractivity contribution in [3.8, 4) is 0 Å². The molecule has 2 rings (SSSR count). The Morgan fingerprint density at radius 3 is 2.31 bits per heavy atom. The van der Waals surface area contributed by atoms with Crippen LogP contribution in [0.15, 0.2) is 12.4 Å². The van der Waals surface area contributed by atoms with Crippen molar-refractivity contribution in [2.75, 3.05) is 12.4 Å². The molecule has 1 aliphatic carbocycles. The molecule has 0 atom stereocenters. The van der Waals surface area contributed by atoms with Crippen molar-refractivity contribution in [3.63, 3.8) is 0 Å². The average molecular weight is 363 g/mol. The number of methoxy groups -OCH3 is 1. The van der Waals surface area contributed by atoms with Crippen LogP contribution in [0.5, 0.6) is 0 Å². The molecule has 0 saturated heterocycles. The molecular formula is C19H29N3O4. The molecule has 1 fully saturated rings. The lowest BCUT2D eigenvalue weighted by atomic mass is 9.91. The summed E-state index contributed by atoms with van der Waals surface area (Å²) in [5, 5.41) is 6.41. The molecule has 1 saturated carbocycles. The molecule has 0 radical (unpaired) electrons. The van der Waals surface area contributed by atoms with Gasteiger partial charge in [-0.05, 0) is 58.9 Å². The van der Waals surface area contributed by atoms with Gasteiger partial charge >= 0.3 is 12.1 Å². The maximum absolute atomic E-state index is 11.9. The number of esters is 1. The Morgan fingerprint density at radius 1 is 1.12 bits per heavy atom. The van der Waals surface area contributed by atoms with Gasteiger partial charge in [-0.25, -0.2) is 9.59 Å². The summed E-state index contributed by atoms with van der Waals surface area (Å²) >= 11 is 0. The molecule has 0 aromatic carbocycles. The van der Waals surface area contributed by atoms with E-state index in [1.165, 1.54) is 13.3 Å². The van der Waals surface area contributed by atoms with E-state index < -0.39 is 5.60 Å². The lowest BCUT2D eigenvalue weighted by Gasteiger charge is -2.31. The van der Waals surface area contributed by atoms with Gasteiger partial charge in [0.25, 0.3) is 0 Å². The smallest absolute Gasteiger partial charge is 0.407 e. The number of carbonyl (C=O) groups is 2. The summed E-state index contributed by atoms with van der Waals surface area (Å²) in [5.74, 6) is -0.385. The van der Waals surface area contributed by atoms with Crippen LogP contribution in [0, 0.1) is 6.92 Å². The Morgan fingerprint density at radius 2 is 1.73 bits per heavy atom. The highest BCUT2D eigenvalue weighted by molar-refractivity contribution is 5.92. The molecule has 1 amide bonds. The maximum atomic E-state index is 11.9. The quantitative estimate of drug-likeness (QED) is 0.797. The highest BCUT2D eigenvalue weighted by Crippen LogP contribution is 2.25. The van der Waals surface area contributed by atoms with E-state index in [9.17, 15) is 9.59 Å². The summed E-state index contributed by atoms with van der Waals surface area (Å²) in [6, 6.07) is 0.406. The van der Waals surface area contributed by atoms with Gasteiger partial charge in [-0.3, -0.25) is 4.98 Å². The second-order valence-electron chi connectivity index (χ2n) is 7.69. The third kappa shape index (κ3) is 5.61. The van der Waals surface area contributed by atoms with Crippen molar-refractivity contribution in [2.24, 2.45) is 0 Å².